The summed E-state index contributed by atoms with van der Waals surface area (Å²) in [5.74, 6) is 0.0572. The van der Waals surface area contributed by atoms with E-state index in [1.54, 1.807) is 13.8 Å². The molecule has 12 heavy (non-hydrogen) atoms. The molecule has 1 fully saturated rings. The van der Waals surface area contributed by atoms with E-state index in [1.165, 1.54) is 19.3 Å². The van der Waals surface area contributed by atoms with Gasteiger partial charge in [-0.05, 0) is 26.7 Å². The molecule has 0 aliphatic heterocycles. The summed E-state index contributed by atoms with van der Waals surface area (Å²) in [6.45, 7) is 3.59. The number of carboxylic acid groups (broad SMARTS) is 1. The Labute approximate surface area is 77.7 Å². The molecular formula is C9H16O2S. The van der Waals surface area contributed by atoms with Crippen LogP contribution in [0.4, 0.5) is 0 Å². The highest BCUT2D eigenvalue weighted by atomic mass is 32.2. The molecule has 0 amide bonds. The lowest BCUT2D eigenvalue weighted by molar-refractivity contribution is -0.145. The molecule has 0 heterocycles. The summed E-state index contributed by atoms with van der Waals surface area (Å²) in [4.78, 5) is 10.7. The molecule has 0 aromatic carbocycles. The summed E-state index contributed by atoms with van der Waals surface area (Å²) in [5, 5.41) is 9.57. The van der Waals surface area contributed by atoms with Gasteiger partial charge in [0, 0.05) is 11.0 Å². The van der Waals surface area contributed by atoms with Gasteiger partial charge in [-0.25, -0.2) is 0 Å². The van der Waals surface area contributed by atoms with Gasteiger partial charge in [0.2, 0.25) is 0 Å². The zero-order chi connectivity index (χ0) is 9.19. The first-order valence-electron chi connectivity index (χ1n) is 4.37. The van der Waals surface area contributed by atoms with Crippen LogP contribution in [0.2, 0.25) is 0 Å². The van der Waals surface area contributed by atoms with Crippen LogP contribution in [0, 0.1) is 5.41 Å². The molecule has 70 valence electrons. The van der Waals surface area contributed by atoms with Gasteiger partial charge in [0.05, 0.1) is 5.41 Å². The minimum absolute atomic E-state index is 0.555. The maximum absolute atomic E-state index is 10.7. The minimum atomic E-state index is -0.686. The van der Waals surface area contributed by atoms with Gasteiger partial charge < -0.3 is 5.11 Å². The van der Waals surface area contributed by atoms with Gasteiger partial charge in [-0.15, -0.1) is 0 Å². The Morgan fingerprint density at radius 3 is 2.50 bits per heavy atom. The number of hydrogen-bond acceptors (Lipinski definition) is 2. The van der Waals surface area contributed by atoms with E-state index in [1.807, 2.05) is 11.8 Å². The Balaban J connectivity index is 2.24. The Bertz CT molecular complexity index is 173. The third kappa shape index (κ3) is 2.41. The summed E-state index contributed by atoms with van der Waals surface area (Å²) in [6.07, 6.45) is 3.88. The van der Waals surface area contributed by atoms with E-state index in [-0.39, 0.29) is 0 Å². The monoisotopic (exact) mass is 188 g/mol. The summed E-state index contributed by atoms with van der Waals surface area (Å²) < 4.78 is 0. The van der Waals surface area contributed by atoms with E-state index < -0.39 is 11.4 Å². The lowest BCUT2D eigenvalue weighted by Crippen LogP contribution is -2.28. The van der Waals surface area contributed by atoms with Crippen molar-refractivity contribution in [1.82, 2.24) is 0 Å². The summed E-state index contributed by atoms with van der Waals surface area (Å²) >= 11 is 1.82. The van der Waals surface area contributed by atoms with Crippen LogP contribution in [0.1, 0.15) is 33.1 Å². The minimum Gasteiger partial charge on any atom is -0.481 e. The van der Waals surface area contributed by atoms with Crippen molar-refractivity contribution in [2.45, 2.75) is 38.4 Å². The second kappa shape index (κ2) is 3.69. The number of aliphatic carboxylic acids is 1. The number of carbonyl (C=O) groups is 1. The van der Waals surface area contributed by atoms with E-state index in [4.69, 9.17) is 5.11 Å². The zero-order valence-corrected chi connectivity index (χ0v) is 8.49. The molecule has 1 aliphatic rings. The molecule has 3 heteroatoms. The van der Waals surface area contributed by atoms with Crippen LogP contribution in [-0.2, 0) is 4.79 Å². The fourth-order valence-electron chi connectivity index (χ4n) is 0.925. The second-order valence-electron chi connectivity index (χ2n) is 4.05. The Morgan fingerprint density at radius 2 is 2.17 bits per heavy atom. The highest BCUT2D eigenvalue weighted by molar-refractivity contribution is 8.00. The van der Waals surface area contributed by atoms with Crippen LogP contribution >= 0.6 is 11.8 Å². The zero-order valence-electron chi connectivity index (χ0n) is 7.67. The standard InChI is InChI=1S/C9H16O2S/c1-9(2,8(10)11)6-12-7-4-3-5-7/h7H,3-6H2,1-2H3,(H,10,11). The lowest BCUT2D eigenvalue weighted by atomic mass is 9.97. The van der Waals surface area contributed by atoms with Crippen molar-refractivity contribution in [2.24, 2.45) is 5.41 Å². The first-order valence-corrected chi connectivity index (χ1v) is 5.42. The molecule has 1 rings (SSSR count). The van der Waals surface area contributed by atoms with Crippen LogP contribution in [0.5, 0.6) is 0 Å². The lowest BCUT2D eigenvalue weighted by Gasteiger charge is -2.28. The van der Waals surface area contributed by atoms with Crippen LogP contribution < -0.4 is 0 Å². The average Bonchev–Trinajstić information content (AvgIpc) is 1.83. The smallest absolute Gasteiger partial charge is 0.309 e. The summed E-state index contributed by atoms with van der Waals surface area (Å²) in [7, 11) is 0. The molecule has 0 aromatic rings. The van der Waals surface area contributed by atoms with E-state index >= 15 is 0 Å². The van der Waals surface area contributed by atoms with Gasteiger partial charge in [0.25, 0.3) is 0 Å². The van der Waals surface area contributed by atoms with Gasteiger partial charge in [-0.3, -0.25) is 4.79 Å². The molecule has 0 radical (unpaired) electrons. The maximum atomic E-state index is 10.7. The van der Waals surface area contributed by atoms with E-state index in [9.17, 15) is 4.79 Å². The van der Waals surface area contributed by atoms with Gasteiger partial charge in [0.1, 0.15) is 0 Å². The number of carboxylic acids is 1. The third-order valence-electron chi connectivity index (χ3n) is 2.31. The largest absolute Gasteiger partial charge is 0.481 e. The van der Waals surface area contributed by atoms with Crippen molar-refractivity contribution in [3.8, 4) is 0 Å². The van der Waals surface area contributed by atoms with Gasteiger partial charge in [-0.2, -0.15) is 11.8 Å². The first kappa shape index (κ1) is 9.90. The summed E-state index contributed by atoms with van der Waals surface area (Å²) in [6, 6.07) is 0. The molecule has 0 saturated heterocycles. The maximum Gasteiger partial charge on any atom is 0.309 e. The molecule has 0 bridgehead atoms. The number of hydrogen-bond donors (Lipinski definition) is 1. The van der Waals surface area contributed by atoms with Gasteiger partial charge in [-0.1, -0.05) is 6.42 Å². The first-order chi connectivity index (χ1) is 5.52. The van der Waals surface area contributed by atoms with E-state index in [0.29, 0.717) is 0 Å². The van der Waals surface area contributed by atoms with Crippen molar-refractivity contribution >= 4 is 17.7 Å². The highest BCUT2D eigenvalue weighted by Crippen LogP contribution is 2.35. The SMILES string of the molecule is CC(C)(CSC1CCC1)C(=O)O. The molecule has 0 aromatic heterocycles. The highest BCUT2D eigenvalue weighted by Gasteiger charge is 2.29. The van der Waals surface area contributed by atoms with Crippen molar-refractivity contribution < 1.29 is 9.90 Å². The fourth-order valence-corrected chi connectivity index (χ4v) is 2.37. The Morgan fingerprint density at radius 1 is 1.58 bits per heavy atom. The normalized spacial score (nSPS) is 18.8. The third-order valence-corrected chi connectivity index (χ3v) is 4.14. The molecular weight excluding hydrogens is 172 g/mol. The quantitative estimate of drug-likeness (QED) is 0.736. The van der Waals surface area contributed by atoms with Gasteiger partial charge in [0.15, 0.2) is 0 Å². The number of thioether (sulfide) groups is 1. The Hall–Kier alpha value is -0.180. The average molecular weight is 188 g/mol. The number of rotatable bonds is 4. The second-order valence-corrected chi connectivity index (χ2v) is 5.34. The van der Waals surface area contributed by atoms with Crippen LogP contribution in [0.15, 0.2) is 0 Å². The topological polar surface area (TPSA) is 37.3 Å². The molecule has 1 N–H and O–H groups in total. The molecule has 1 aliphatic carbocycles. The van der Waals surface area contributed by atoms with E-state index in [2.05, 4.69) is 0 Å². The van der Waals surface area contributed by atoms with Crippen molar-refractivity contribution in [1.29, 1.82) is 0 Å². The van der Waals surface area contributed by atoms with Crippen LogP contribution in [0.25, 0.3) is 0 Å². The molecule has 0 unspecified atom stereocenters. The van der Waals surface area contributed by atoms with Crippen molar-refractivity contribution in [2.75, 3.05) is 5.75 Å². The Kier molecular flexibility index (Phi) is 3.04. The molecule has 0 atom stereocenters. The molecule has 1 saturated carbocycles. The molecule has 2 nitrogen and oxygen atoms in total. The van der Waals surface area contributed by atoms with Crippen LogP contribution in [-0.4, -0.2) is 22.1 Å². The summed E-state index contributed by atoms with van der Waals surface area (Å²) in [5.41, 5.74) is -0.555. The van der Waals surface area contributed by atoms with Crippen molar-refractivity contribution in [3.63, 3.8) is 0 Å². The van der Waals surface area contributed by atoms with Crippen LogP contribution in [0.3, 0.4) is 0 Å². The van der Waals surface area contributed by atoms with E-state index in [0.717, 1.165) is 11.0 Å². The molecule has 0 spiro atoms. The fraction of sp³-hybridized carbons (Fsp3) is 0.889. The predicted octanol–water partition coefficient (Wildman–Crippen LogP) is 2.38. The van der Waals surface area contributed by atoms with Gasteiger partial charge >= 0.3 is 5.97 Å². The van der Waals surface area contributed by atoms with Crippen molar-refractivity contribution in [3.05, 3.63) is 0 Å². The predicted molar refractivity (Wildman–Crippen MR) is 51.5 cm³/mol.